The van der Waals surface area contributed by atoms with Crippen LogP contribution in [0.15, 0.2) is 23.6 Å². The molecule has 1 aliphatic rings. The predicted octanol–water partition coefficient (Wildman–Crippen LogP) is 3.42. The van der Waals surface area contributed by atoms with Crippen LogP contribution < -0.4 is 5.32 Å². The van der Waals surface area contributed by atoms with Crippen LogP contribution in [0.1, 0.15) is 34.3 Å². The number of thiazole rings is 1. The maximum atomic E-state index is 13.7. The lowest BCUT2D eigenvalue weighted by atomic mass is 10.1. The molecule has 2 aromatic rings. The number of urea groups is 1. The summed E-state index contributed by atoms with van der Waals surface area (Å²) in [5, 5.41) is 5.93. The van der Waals surface area contributed by atoms with Crippen molar-refractivity contribution in [2.75, 3.05) is 7.05 Å². The molecule has 3 rings (SSSR count). The molecule has 2 amide bonds. The molecule has 0 aliphatic heterocycles. The standard InChI is InChI=1S/C16H18FN3OS/c1-10-18-11(9-22-10)8-20(2)16(21)19-15-7-6-12-13(15)4-3-5-14(12)17/h3-5,9,15H,6-8H2,1-2H3,(H,19,21)/t15-/m0/s1. The molecule has 1 aliphatic carbocycles. The van der Waals surface area contributed by atoms with Crippen LogP contribution in [0.4, 0.5) is 9.18 Å². The van der Waals surface area contributed by atoms with E-state index >= 15 is 0 Å². The van der Waals surface area contributed by atoms with Crippen LogP contribution in [-0.4, -0.2) is 23.0 Å². The van der Waals surface area contributed by atoms with E-state index in [9.17, 15) is 9.18 Å². The number of fused-ring (bicyclic) bond motifs is 1. The second-order valence-corrected chi connectivity index (χ2v) is 6.62. The minimum atomic E-state index is -0.180. The quantitative estimate of drug-likeness (QED) is 0.942. The lowest BCUT2D eigenvalue weighted by Gasteiger charge is -2.21. The van der Waals surface area contributed by atoms with Gasteiger partial charge < -0.3 is 10.2 Å². The minimum Gasteiger partial charge on any atom is -0.331 e. The number of benzene rings is 1. The Morgan fingerprint density at radius 1 is 1.55 bits per heavy atom. The van der Waals surface area contributed by atoms with Gasteiger partial charge in [-0.05, 0) is 37.0 Å². The van der Waals surface area contributed by atoms with Crippen molar-refractivity contribution in [3.63, 3.8) is 0 Å². The summed E-state index contributed by atoms with van der Waals surface area (Å²) in [6, 6.07) is 4.78. The molecule has 1 atom stereocenters. The second-order valence-electron chi connectivity index (χ2n) is 5.56. The average molecular weight is 319 g/mol. The molecule has 1 aromatic heterocycles. The van der Waals surface area contributed by atoms with Gasteiger partial charge in [-0.15, -0.1) is 11.3 Å². The fraction of sp³-hybridized carbons (Fsp3) is 0.375. The predicted molar refractivity (Wildman–Crippen MR) is 84.3 cm³/mol. The normalized spacial score (nSPS) is 16.4. The van der Waals surface area contributed by atoms with E-state index in [2.05, 4.69) is 10.3 Å². The molecule has 0 unspecified atom stereocenters. The van der Waals surface area contributed by atoms with E-state index in [0.717, 1.165) is 28.2 Å². The number of halogens is 1. The number of amides is 2. The first-order chi connectivity index (χ1) is 10.5. The number of hydrogen-bond acceptors (Lipinski definition) is 3. The van der Waals surface area contributed by atoms with Gasteiger partial charge >= 0.3 is 6.03 Å². The summed E-state index contributed by atoms with van der Waals surface area (Å²) in [5.41, 5.74) is 2.51. The van der Waals surface area contributed by atoms with Crippen LogP contribution >= 0.6 is 11.3 Å². The van der Waals surface area contributed by atoms with Crippen LogP contribution in [-0.2, 0) is 13.0 Å². The number of aromatic nitrogens is 1. The number of rotatable bonds is 3. The van der Waals surface area contributed by atoms with E-state index in [-0.39, 0.29) is 17.9 Å². The van der Waals surface area contributed by atoms with Crippen molar-refractivity contribution >= 4 is 17.4 Å². The SMILES string of the molecule is Cc1nc(CN(C)C(=O)N[C@H]2CCc3c(F)cccc32)cs1. The zero-order valence-corrected chi connectivity index (χ0v) is 13.4. The fourth-order valence-corrected chi connectivity index (χ4v) is 3.42. The van der Waals surface area contributed by atoms with E-state index in [1.807, 2.05) is 18.4 Å². The summed E-state index contributed by atoms with van der Waals surface area (Å²) in [7, 11) is 1.74. The monoisotopic (exact) mass is 319 g/mol. The molecule has 6 heteroatoms. The van der Waals surface area contributed by atoms with Crippen molar-refractivity contribution in [1.82, 2.24) is 15.2 Å². The highest BCUT2D eigenvalue weighted by atomic mass is 32.1. The molecule has 1 N–H and O–H groups in total. The Morgan fingerprint density at radius 2 is 2.36 bits per heavy atom. The van der Waals surface area contributed by atoms with Gasteiger partial charge in [0, 0.05) is 12.4 Å². The van der Waals surface area contributed by atoms with Gasteiger partial charge in [-0.25, -0.2) is 14.2 Å². The molecule has 0 bridgehead atoms. The summed E-state index contributed by atoms with van der Waals surface area (Å²) in [5.74, 6) is -0.180. The third-order valence-electron chi connectivity index (χ3n) is 3.92. The first kappa shape index (κ1) is 15.0. The fourth-order valence-electron chi connectivity index (χ4n) is 2.81. The van der Waals surface area contributed by atoms with Gasteiger partial charge in [-0.3, -0.25) is 0 Å². The third kappa shape index (κ3) is 2.97. The van der Waals surface area contributed by atoms with Crippen LogP contribution in [0.25, 0.3) is 0 Å². The first-order valence-electron chi connectivity index (χ1n) is 7.24. The molecule has 116 valence electrons. The maximum absolute atomic E-state index is 13.7. The smallest absolute Gasteiger partial charge is 0.317 e. The summed E-state index contributed by atoms with van der Waals surface area (Å²) < 4.78 is 13.7. The van der Waals surface area contributed by atoms with Gasteiger partial charge in [0.2, 0.25) is 0 Å². The van der Waals surface area contributed by atoms with Gasteiger partial charge in [0.05, 0.1) is 23.3 Å². The number of nitrogens with one attached hydrogen (secondary N) is 1. The highest BCUT2D eigenvalue weighted by Crippen LogP contribution is 2.32. The molecular formula is C16H18FN3OS. The lowest BCUT2D eigenvalue weighted by molar-refractivity contribution is 0.202. The van der Waals surface area contributed by atoms with Crippen molar-refractivity contribution in [3.8, 4) is 0 Å². The summed E-state index contributed by atoms with van der Waals surface area (Å²) >= 11 is 1.57. The minimum absolute atomic E-state index is 0.113. The summed E-state index contributed by atoms with van der Waals surface area (Å²) in [6.07, 6.45) is 1.41. The zero-order chi connectivity index (χ0) is 15.7. The van der Waals surface area contributed by atoms with Crippen LogP contribution in [0, 0.1) is 12.7 Å². The Morgan fingerprint density at radius 3 is 3.09 bits per heavy atom. The van der Waals surface area contributed by atoms with E-state index in [0.29, 0.717) is 13.0 Å². The molecule has 0 saturated heterocycles. The van der Waals surface area contributed by atoms with Crippen LogP contribution in [0.5, 0.6) is 0 Å². The van der Waals surface area contributed by atoms with Crippen LogP contribution in [0.2, 0.25) is 0 Å². The molecular weight excluding hydrogens is 301 g/mol. The van der Waals surface area contributed by atoms with E-state index in [1.165, 1.54) is 6.07 Å². The summed E-state index contributed by atoms with van der Waals surface area (Å²) in [4.78, 5) is 18.3. The molecule has 1 aromatic carbocycles. The number of carbonyl (C=O) groups excluding carboxylic acids is 1. The number of aryl methyl sites for hydroxylation is 1. The second kappa shape index (κ2) is 6.04. The molecule has 0 saturated carbocycles. The number of hydrogen-bond donors (Lipinski definition) is 1. The molecule has 1 heterocycles. The van der Waals surface area contributed by atoms with Crippen molar-refractivity contribution < 1.29 is 9.18 Å². The zero-order valence-electron chi connectivity index (χ0n) is 12.6. The molecule has 0 fully saturated rings. The first-order valence-corrected chi connectivity index (χ1v) is 8.12. The van der Waals surface area contributed by atoms with Crippen molar-refractivity contribution in [3.05, 3.63) is 51.2 Å². The Kier molecular flexibility index (Phi) is 4.11. The Bertz CT molecular complexity index is 700. The molecule has 4 nitrogen and oxygen atoms in total. The van der Waals surface area contributed by atoms with E-state index < -0.39 is 0 Å². The maximum Gasteiger partial charge on any atom is 0.317 e. The van der Waals surface area contributed by atoms with Crippen LogP contribution in [0.3, 0.4) is 0 Å². The lowest BCUT2D eigenvalue weighted by Crippen LogP contribution is -2.38. The summed E-state index contributed by atoms with van der Waals surface area (Å²) in [6.45, 7) is 2.41. The third-order valence-corrected chi connectivity index (χ3v) is 4.75. The Hall–Kier alpha value is -1.95. The van der Waals surface area contributed by atoms with Gasteiger partial charge in [-0.1, -0.05) is 12.1 Å². The highest BCUT2D eigenvalue weighted by Gasteiger charge is 2.27. The van der Waals surface area contributed by atoms with E-state index in [1.54, 1.807) is 29.4 Å². The molecule has 22 heavy (non-hydrogen) atoms. The number of carbonyl (C=O) groups is 1. The molecule has 0 radical (unpaired) electrons. The highest BCUT2D eigenvalue weighted by molar-refractivity contribution is 7.09. The Balaban J connectivity index is 1.64. The Labute approximate surface area is 133 Å². The van der Waals surface area contributed by atoms with Gasteiger partial charge in [-0.2, -0.15) is 0 Å². The van der Waals surface area contributed by atoms with Crippen molar-refractivity contribution in [2.45, 2.75) is 32.4 Å². The van der Waals surface area contributed by atoms with Crippen molar-refractivity contribution in [2.24, 2.45) is 0 Å². The largest absolute Gasteiger partial charge is 0.331 e. The van der Waals surface area contributed by atoms with Gasteiger partial charge in [0.25, 0.3) is 0 Å². The van der Waals surface area contributed by atoms with Crippen molar-refractivity contribution in [1.29, 1.82) is 0 Å². The van der Waals surface area contributed by atoms with Gasteiger partial charge in [0.1, 0.15) is 5.82 Å². The average Bonchev–Trinajstić information content (AvgIpc) is 3.07. The van der Waals surface area contributed by atoms with E-state index in [4.69, 9.17) is 0 Å². The topological polar surface area (TPSA) is 45.2 Å². The molecule has 0 spiro atoms. The van der Waals surface area contributed by atoms with Gasteiger partial charge in [0.15, 0.2) is 0 Å². The number of nitrogens with zero attached hydrogens (tertiary/aromatic N) is 2.